The Kier molecular flexibility index (Phi) is 5.05. The first-order valence-electron chi connectivity index (χ1n) is 7.82. The van der Waals surface area contributed by atoms with Crippen LogP contribution in [0.2, 0.25) is 0 Å². The van der Waals surface area contributed by atoms with Gasteiger partial charge >= 0.3 is 0 Å². The molecule has 0 saturated carbocycles. The zero-order valence-corrected chi connectivity index (χ0v) is 12.9. The summed E-state index contributed by atoms with van der Waals surface area (Å²) in [4.78, 5) is 14.4. The molecule has 3 rings (SSSR count). The largest absolute Gasteiger partial charge is 0.388 e. The average Bonchev–Trinajstić information content (AvgIpc) is 3.09. The van der Waals surface area contributed by atoms with Crippen LogP contribution in [-0.2, 0) is 16.0 Å². The molecule has 1 aliphatic heterocycles. The molecule has 1 fully saturated rings. The fraction of sp³-hybridized carbons (Fsp3) is 0.412. The summed E-state index contributed by atoms with van der Waals surface area (Å²) in [6.07, 6.45) is 1.79. The SMILES string of the molecule is O=C(Cc1ccn[nH]1)N1CCOCC1CC(O)c1ccccc1. The maximum Gasteiger partial charge on any atom is 0.228 e. The Bertz CT molecular complexity index is 615. The Morgan fingerprint density at radius 3 is 2.96 bits per heavy atom. The van der Waals surface area contributed by atoms with E-state index in [1.807, 2.05) is 35.2 Å². The highest BCUT2D eigenvalue weighted by molar-refractivity contribution is 5.78. The van der Waals surface area contributed by atoms with Gasteiger partial charge in [-0.05, 0) is 11.6 Å². The fourth-order valence-corrected chi connectivity index (χ4v) is 2.90. The Labute approximate surface area is 135 Å². The van der Waals surface area contributed by atoms with Crippen molar-refractivity contribution in [1.82, 2.24) is 15.1 Å². The Morgan fingerprint density at radius 2 is 2.22 bits per heavy atom. The van der Waals surface area contributed by atoms with Crippen LogP contribution >= 0.6 is 0 Å². The standard InChI is InChI=1S/C17H21N3O3/c21-16(13-4-2-1-3-5-13)11-15-12-23-9-8-20(15)17(22)10-14-6-7-18-19-14/h1-7,15-16,21H,8-12H2,(H,18,19). The first kappa shape index (κ1) is 15.7. The van der Waals surface area contributed by atoms with Gasteiger partial charge in [-0.15, -0.1) is 0 Å². The number of aliphatic hydroxyl groups excluding tert-OH is 1. The third kappa shape index (κ3) is 3.97. The van der Waals surface area contributed by atoms with Crippen LogP contribution < -0.4 is 0 Å². The fourth-order valence-electron chi connectivity index (χ4n) is 2.90. The van der Waals surface area contributed by atoms with Crippen molar-refractivity contribution in [3.63, 3.8) is 0 Å². The van der Waals surface area contributed by atoms with Crippen LogP contribution in [0, 0.1) is 0 Å². The summed E-state index contributed by atoms with van der Waals surface area (Å²) in [6.45, 7) is 1.55. The lowest BCUT2D eigenvalue weighted by atomic mass is 10.0. The second-order valence-corrected chi connectivity index (χ2v) is 5.74. The minimum Gasteiger partial charge on any atom is -0.388 e. The number of hydrogen-bond acceptors (Lipinski definition) is 4. The lowest BCUT2D eigenvalue weighted by Gasteiger charge is -2.36. The van der Waals surface area contributed by atoms with Gasteiger partial charge in [0, 0.05) is 24.9 Å². The van der Waals surface area contributed by atoms with Crippen LogP contribution in [0.3, 0.4) is 0 Å². The minimum absolute atomic E-state index is 0.0304. The molecule has 1 aliphatic rings. The maximum atomic E-state index is 12.5. The number of aromatic nitrogens is 2. The number of nitrogens with one attached hydrogen (secondary N) is 1. The quantitative estimate of drug-likeness (QED) is 0.872. The molecule has 2 N–H and O–H groups in total. The second-order valence-electron chi connectivity index (χ2n) is 5.74. The van der Waals surface area contributed by atoms with E-state index < -0.39 is 6.10 Å². The molecule has 2 aromatic rings. The van der Waals surface area contributed by atoms with Crippen molar-refractivity contribution in [3.05, 3.63) is 53.9 Å². The molecule has 6 nitrogen and oxygen atoms in total. The van der Waals surface area contributed by atoms with E-state index in [-0.39, 0.29) is 18.4 Å². The molecule has 6 heteroatoms. The van der Waals surface area contributed by atoms with Gasteiger partial charge in [0.2, 0.25) is 5.91 Å². The molecule has 2 atom stereocenters. The number of H-pyrrole nitrogens is 1. The monoisotopic (exact) mass is 315 g/mol. The third-order valence-electron chi connectivity index (χ3n) is 4.13. The summed E-state index contributed by atoms with van der Waals surface area (Å²) in [5, 5.41) is 17.1. The molecule has 2 unspecified atom stereocenters. The van der Waals surface area contributed by atoms with E-state index in [0.717, 1.165) is 11.3 Å². The van der Waals surface area contributed by atoms with E-state index in [9.17, 15) is 9.90 Å². The van der Waals surface area contributed by atoms with Gasteiger partial charge in [0.25, 0.3) is 0 Å². The van der Waals surface area contributed by atoms with Crippen molar-refractivity contribution in [1.29, 1.82) is 0 Å². The number of amides is 1. The Morgan fingerprint density at radius 1 is 1.39 bits per heavy atom. The molecule has 122 valence electrons. The number of aromatic amines is 1. The number of carbonyl (C=O) groups excluding carboxylic acids is 1. The summed E-state index contributed by atoms with van der Waals surface area (Å²) < 4.78 is 5.51. The number of nitrogens with zero attached hydrogens (tertiary/aromatic N) is 2. The number of morpholine rings is 1. The minimum atomic E-state index is -0.606. The topological polar surface area (TPSA) is 78.5 Å². The van der Waals surface area contributed by atoms with Crippen LogP contribution in [0.4, 0.5) is 0 Å². The molecule has 0 aliphatic carbocycles. The van der Waals surface area contributed by atoms with Crippen molar-refractivity contribution < 1.29 is 14.6 Å². The summed E-state index contributed by atoms with van der Waals surface area (Å²) >= 11 is 0. The number of aliphatic hydroxyl groups is 1. The van der Waals surface area contributed by atoms with Gasteiger partial charge < -0.3 is 14.7 Å². The molecule has 0 spiro atoms. The van der Waals surface area contributed by atoms with Gasteiger partial charge in [-0.1, -0.05) is 30.3 Å². The van der Waals surface area contributed by atoms with Crippen LogP contribution in [0.15, 0.2) is 42.6 Å². The van der Waals surface area contributed by atoms with Gasteiger partial charge in [0.1, 0.15) is 0 Å². The van der Waals surface area contributed by atoms with Gasteiger partial charge in [0.15, 0.2) is 0 Å². The van der Waals surface area contributed by atoms with E-state index in [4.69, 9.17) is 4.74 Å². The smallest absolute Gasteiger partial charge is 0.228 e. The predicted molar refractivity (Wildman–Crippen MR) is 84.6 cm³/mol. The van der Waals surface area contributed by atoms with E-state index in [2.05, 4.69) is 10.2 Å². The molecule has 1 aromatic heterocycles. The van der Waals surface area contributed by atoms with Crippen LogP contribution in [0.25, 0.3) is 0 Å². The van der Waals surface area contributed by atoms with E-state index in [0.29, 0.717) is 26.2 Å². The zero-order valence-electron chi connectivity index (χ0n) is 12.9. The molecule has 1 saturated heterocycles. The van der Waals surface area contributed by atoms with Crippen molar-refractivity contribution in [3.8, 4) is 0 Å². The molecular formula is C17H21N3O3. The van der Waals surface area contributed by atoms with E-state index >= 15 is 0 Å². The Balaban J connectivity index is 1.65. The molecule has 1 aromatic carbocycles. The van der Waals surface area contributed by atoms with E-state index in [1.54, 1.807) is 12.3 Å². The zero-order chi connectivity index (χ0) is 16.1. The highest BCUT2D eigenvalue weighted by Gasteiger charge is 2.29. The van der Waals surface area contributed by atoms with Crippen molar-refractivity contribution in [2.75, 3.05) is 19.8 Å². The number of benzene rings is 1. The van der Waals surface area contributed by atoms with Crippen LogP contribution in [0.5, 0.6) is 0 Å². The van der Waals surface area contributed by atoms with E-state index in [1.165, 1.54) is 0 Å². The summed E-state index contributed by atoms with van der Waals surface area (Å²) in [5.41, 5.74) is 1.66. The maximum absolute atomic E-state index is 12.5. The number of rotatable bonds is 5. The van der Waals surface area contributed by atoms with Gasteiger partial charge in [0.05, 0.1) is 31.8 Å². The number of ether oxygens (including phenoxy) is 1. The predicted octanol–water partition coefficient (Wildman–Crippen LogP) is 1.30. The highest BCUT2D eigenvalue weighted by atomic mass is 16.5. The van der Waals surface area contributed by atoms with Gasteiger partial charge in [-0.25, -0.2) is 0 Å². The molecule has 0 bridgehead atoms. The summed E-state index contributed by atoms with van der Waals surface area (Å²) in [5.74, 6) is 0.0304. The van der Waals surface area contributed by atoms with Crippen molar-refractivity contribution in [2.24, 2.45) is 0 Å². The summed E-state index contributed by atoms with van der Waals surface area (Å²) in [7, 11) is 0. The van der Waals surface area contributed by atoms with Crippen molar-refractivity contribution in [2.45, 2.75) is 25.0 Å². The van der Waals surface area contributed by atoms with Crippen molar-refractivity contribution >= 4 is 5.91 Å². The Hall–Kier alpha value is -2.18. The number of carbonyl (C=O) groups is 1. The molecule has 0 radical (unpaired) electrons. The molecule has 23 heavy (non-hydrogen) atoms. The van der Waals surface area contributed by atoms with Gasteiger partial charge in [-0.2, -0.15) is 5.10 Å². The second kappa shape index (κ2) is 7.39. The molecular weight excluding hydrogens is 294 g/mol. The third-order valence-corrected chi connectivity index (χ3v) is 4.13. The first-order valence-corrected chi connectivity index (χ1v) is 7.82. The lowest BCUT2D eigenvalue weighted by molar-refractivity contribution is -0.140. The van der Waals surface area contributed by atoms with Crippen LogP contribution in [-0.4, -0.2) is 51.9 Å². The molecule has 2 heterocycles. The number of hydrogen-bond donors (Lipinski definition) is 2. The summed E-state index contributed by atoms with van der Waals surface area (Å²) in [6, 6.07) is 11.2. The molecule has 1 amide bonds. The lowest BCUT2D eigenvalue weighted by Crippen LogP contribution is -2.49. The average molecular weight is 315 g/mol. The normalized spacial score (nSPS) is 19.5. The van der Waals surface area contributed by atoms with Crippen LogP contribution in [0.1, 0.15) is 23.8 Å². The first-order chi connectivity index (χ1) is 11.2. The highest BCUT2D eigenvalue weighted by Crippen LogP contribution is 2.23. The van der Waals surface area contributed by atoms with Gasteiger partial charge in [-0.3, -0.25) is 9.89 Å².